The van der Waals surface area contributed by atoms with Crippen LogP contribution in [0.5, 0.6) is 5.75 Å². The molecular formula is C27H35FN2O4. The van der Waals surface area contributed by atoms with Crippen LogP contribution in [0.15, 0.2) is 42.5 Å². The van der Waals surface area contributed by atoms with E-state index in [-0.39, 0.29) is 17.6 Å². The number of nitrogens with zero attached hydrogens (tertiary/aromatic N) is 1. The molecule has 2 aromatic rings. The Morgan fingerprint density at radius 1 is 1.21 bits per heavy atom. The van der Waals surface area contributed by atoms with Crippen LogP contribution in [0.25, 0.3) is 0 Å². The van der Waals surface area contributed by atoms with Gasteiger partial charge in [-0.2, -0.15) is 0 Å². The summed E-state index contributed by atoms with van der Waals surface area (Å²) < 4.78 is 25.2. The first kappa shape index (κ1) is 25.7. The van der Waals surface area contributed by atoms with Crippen LogP contribution < -0.4 is 10.1 Å². The molecule has 0 fully saturated rings. The fraction of sp³-hybridized carbons (Fsp3) is 0.481. The summed E-state index contributed by atoms with van der Waals surface area (Å²) in [6, 6.07) is 11.7. The van der Waals surface area contributed by atoms with Crippen LogP contribution in [0.2, 0.25) is 0 Å². The molecule has 6 nitrogen and oxygen atoms in total. The van der Waals surface area contributed by atoms with E-state index < -0.39 is 17.6 Å². The highest BCUT2D eigenvalue weighted by atomic mass is 19.1. The zero-order valence-corrected chi connectivity index (χ0v) is 20.7. The first-order valence-corrected chi connectivity index (χ1v) is 11.8. The second-order valence-corrected chi connectivity index (χ2v) is 9.62. The third-order valence-corrected chi connectivity index (χ3v) is 5.96. The van der Waals surface area contributed by atoms with E-state index >= 15 is 0 Å². The van der Waals surface area contributed by atoms with Crippen molar-refractivity contribution in [2.75, 3.05) is 26.8 Å². The number of carbonyl (C=O) groups is 2. The lowest BCUT2D eigenvalue weighted by Crippen LogP contribution is -2.45. The predicted octanol–water partition coefficient (Wildman–Crippen LogP) is 4.27. The molecule has 1 aliphatic rings. The molecule has 2 aromatic carbocycles. The minimum atomic E-state index is -0.654. The zero-order valence-electron chi connectivity index (χ0n) is 20.7. The summed E-state index contributed by atoms with van der Waals surface area (Å²) in [5, 5.41) is 2.81. The Morgan fingerprint density at radius 3 is 2.62 bits per heavy atom. The number of benzene rings is 2. The van der Waals surface area contributed by atoms with Gasteiger partial charge in [0.05, 0.1) is 12.6 Å². The third-order valence-electron chi connectivity index (χ3n) is 5.96. The topological polar surface area (TPSA) is 67.9 Å². The summed E-state index contributed by atoms with van der Waals surface area (Å²) in [5.74, 6) is -0.0101. The zero-order chi connectivity index (χ0) is 24.9. The highest BCUT2D eigenvalue weighted by molar-refractivity contribution is 5.83. The van der Waals surface area contributed by atoms with Crippen molar-refractivity contribution >= 4 is 11.8 Å². The van der Waals surface area contributed by atoms with E-state index in [0.717, 1.165) is 11.1 Å². The molecule has 0 spiro atoms. The van der Waals surface area contributed by atoms with Gasteiger partial charge in [-0.1, -0.05) is 45.9 Å². The Hall–Kier alpha value is -2.93. The summed E-state index contributed by atoms with van der Waals surface area (Å²) in [4.78, 5) is 27.7. The molecule has 2 atom stereocenters. The smallest absolute Gasteiger partial charge is 0.261 e. The first-order chi connectivity index (χ1) is 16.2. The average molecular weight is 471 g/mol. The molecule has 34 heavy (non-hydrogen) atoms. The monoisotopic (exact) mass is 470 g/mol. The lowest BCUT2D eigenvalue weighted by molar-refractivity contribution is -0.141. The molecule has 1 heterocycles. The Balaban J connectivity index is 1.97. The maximum Gasteiger partial charge on any atom is 0.261 e. The molecule has 0 unspecified atom stereocenters. The van der Waals surface area contributed by atoms with Crippen LogP contribution in [0.4, 0.5) is 4.39 Å². The summed E-state index contributed by atoms with van der Waals surface area (Å²) in [5.41, 5.74) is 2.10. The SMILES string of the molecule is CC[C@@H](Oc1ccc2c(c1)[C@@H](c1cccc(F)c1)N(C(=O)C(C)(C)C)CC2)C(=O)NCCOC. The van der Waals surface area contributed by atoms with Crippen LogP contribution in [-0.4, -0.2) is 49.6 Å². The van der Waals surface area contributed by atoms with E-state index in [1.54, 1.807) is 13.2 Å². The van der Waals surface area contributed by atoms with Gasteiger partial charge < -0.3 is 19.7 Å². The second-order valence-electron chi connectivity index (χ2n) is 9.62. The molecule has 2 amide bonds. The Kier molecular flexibility index (Phi) is 8.31. The van der Waals surface area contributed by atoms with E-state index in [1.807, 2.05) is 56.9 Å². The van der Waals surface area contributed by atoms with E-state index in [0.29, 0.717) is 43.9 Å². The fourth-order valence-electron chi connectivity index (χ4n) is 4.23. The number of fused-ring (bicyclic) bond motifs is 1. The maximum atomic E-state index is 14.2. The van der Waals surface area contributed by atoms with Crippen molar-refractivity contribution in [3.05, 3.63) is 65.0 Å². The molecule has 0 aromatic heterocycles. The number of amides is 2. The van der Waals surface area contributed by atoms with Crippen molar-refractivity contribution in [2.24, 2.45) is 5.41 Å². The van der Waals surface area contributed by atoms with Gasteiger partial charge in [0.15, 0.2) is 6.10 Å². The third kappa shape index (κ3) is 5.95. The van der Waals surface area contributed by atoms with Crippen LogP contribution in [-0.2, 0) is 20.7 Å². The first-order valence-electron chi connectivity index (χ1n) is 11.8. The number of ether oxygens (including phenoxy) is 2. The number of carbonyl (C=O) groups excluding carboxylic acids is 2. The average Bonchev–Trinajstić information content (AvgIpc) is 2.80. The number of nitrogens with one attached hydrogen (secondary N) is 1. The standard InChI is InChI=1S/C27H35FN2O4/c1-6-23(25(31)29-13-15-33-5)34-21-11-10-18-12-14-30(26(32)27(2,3)4)24(22(18)17-21)19-8-7-9-20(28)16-19/h7-11,16-17,23-24H,6,12-15H2,1-5H3,(H,29,31)/t23-,24-/m1/s1. The van der Waals surface area contributed by atoms with Gasteiger partial charge in [-0.3, -0.25) is 9.59 Å². The van der Waals surface area contributed by atoms with Crippen LogP contribution in [0, 0.1) is 11.2 Å². The van der Waals surface area contributed by atoms with Crippen molar-refractivity contribution in [1.29, 1.82) is 0 Å². The largest absolute Gasteiger partial charge is 0.481 e. The molecule has 7 heteroatoms. The molecule has 0 saturated carbocycles. The van der Waals surface area contributed by atoms with Crippen LogP contribution >= 0.6 is 0 Å². The lowest BCUT2D eigenvalue weighted by Gasteiger charge is -2.41. The Labute approximate surface area is 201 Å². The minimum Gasteiger partial charge on any atom is -0.481 e. The van der Waals surface area contributed by atoms with Crippen molar-refractivity contribution in [1.82, 2.24) is 10.2 Å². The lowest BCUT2D eigenvalue weighted by atomic mass is 9.85. The summed E-state index contributed by atoms with van der Waals surface area (Å²) in [6.07, 6.45) is 0.536. The summed E-state index contributed by atoms with van der Waals surface area (Å²) in [7, 11) is 1.58. The molecule has 0 aliphatic carbocycles. The van der Waals surface area contributed by atoms with Crippen molar-refractivity contribution in [3.63, 3.8) is 0 Å². The number of hydrogen-bond donors (Lipinski definition) is 1. The number of halogens is 1. The van der Waals surface area contributed by atoms with Crippen molar-refractivity contribution in [3.8, 4) is 5.75 Å². The van der Waals surface area contributed by atoms with Gasteiger partial charge in [-0.15, -0.1) is 0 Å². The number of rotatable bonds is 8. The quantitative estimate of drug-likeness (QED) is 0.586. The summed E-state index contributed by atoms with van der Waals surface area (Å²) >= 11 is 0. The summed E-state index contributed by atoms with van der Waals surface area (Å²) in [6.45, 7) is 8.93. The molecule has 0 saturated heterocycles. The van der Waals surface area contributed by atoms with Crippen molar-refractivity contribution < 1.29 is 23.5 Å². The molecular weight excluding hydrogens is 435 g/mol. The van der Waals surface area contributed by atoms with Crippen LogP contribution in [0.1, 0.15) is 56.8 Å². The maximum absolute atomic E-state index is 14.2. The highest BCUT2D eigenvalue weighted by Gasteiger charge is 2.37. The van der Waals surface area contributed by atoms with E-state index in [2.05, 4.69) is 5.32 Å². The minimum absolute atomic E-state index is 0.00249. The van der Waals surface area contributed by atoms with E-state index in [1.165, 1.54) is 12.1 Å². The molecule has 1 N–H and O–H groups in total. The number of methoxy groups -OCH3 is 1. The van der Waals surface area contributed by atoms with Gasteiger partial charge in [0.2, 0.25) is 5.91 Å². The normalized spacial score (nSPS) is 16.5. The van der Waals surface area contributed by atoms with Gasteiger partial charge in [0, 0.05) is 25.6 Å². The fourth-order valence-corrected chi connectivity index (χ4v) is 4.23. The predicted molar refractivity (Wildman–Crippen MR) is 129 cm³/mol. The molecule has 0 radical (unpaired) electrons. The van der Waals surface area contributed by atoms with Gasteiger partial charge in [-0.25, -0.2) is 4.39 Å². The molecule has 3 rings (SSSR count). The van der Waals surface area contributed by atoms with Gasteiger partial charge >= 0.3 is 0 Å². The highest BCUT2D eigenvalue weighted by Crippen LogP contribution is 2.39. The Bertz CT molecular complexity index is 1020. The molecule has 184 valence electrons. The van der Waals surface area contributed by atoms with Crippen molar-refractivity contribution in [2.45, 2.75) is 52.7 Å². The molecule has 1 aliphatic heterocycles. The number of hydrogen-bond acceptors (Lipinski definition) is 4. The van der Waals surface area contributed by atoms with E-state index in [9.17, 15) is 14.0 Å². The second kappa shape index (κ2) is 11.0. The Morgan fingerprint density at radius 2 is 1.97 bits per heavy atom. The van der Waals surface area contributed by atoms with Crippen LogP contribution in [0.3, 0.4) is 0 Å². The van der Waals surface area contributed by atoms with Gasteiger partial charge in [0.1, 0.15) is 11.6 Å². The van der Waals surface area contributed by atoms with Gasteiger partial charge in [0.25, 0.3) is 5.91 Å². The molecule has 0 bridgehead atoms. The van der Waals surface area contributed by atoms with Gasteiger partial charge in [-0.05, 0) is 53.8 Å². The van der Waals surface area contributed by atoms with E-state index in [4.69, 9.17) is 9.47 Å².